The highest BCUT2D eigenvalue weighted by Crippen LogP contribution is 2.32. The number of benzene rings is 2. The normalized spacial score (nSPS) is 11.9. The Bertz CT molecular complexity index is 662. The smallest absolute Gasteiger partial charge is 0.311 e. The summed E-state index contributed by atoms with van der Waals surface area (Å²) in [5, 5.41) is 19.0. The van der Waals surface area contributed by atoms with E-state index in [-0.39, 0.29) is 5.75 Å². The minimum absolute atomic E-state index is 0.193. The summed E-state index contributed by atoms with van der Waals surface area (Å²) in [7, 11) is 0. The van der Waals surface area contributed by atoms with Crippen LogP contribution in [0, 0.1) is 0 Å². The molecule has 0 aromatic heterocycles. The van der Waals surface area contributed by atoms with Crippen molar-refractivity contribution in [2.24, 2.45) is 0 Å². The van der Waals surface area contributed by atoms with E-state index in [0.29, 0.717) is 17.0 Å². The highest BCUT2D eigenvalue weighted by Gasteiger charge is 2.21. The Labute approximate surface area is 128 Å². The second-order valence-electron chi connectivity index (χ2n) is 4.70. The molecule has 2 aromatic carbocycles. The summed E-state index contributed by atoms with van der Waals surface area (Å²) in [6.07, 6.45) is 1.90. The van der Waals surface area contributed by atoms with Crippen LogP contribution in [-0.4, -0.2) is 16.2 Å². The van der Waals surface area contributed by atoms with Crippen LogP contribution >= 0.6 is 11.6 Å². The van der Waals surface area contributed by atoms with Crippen LogP contribution in [0.3, 0.4) is 0 Å². The number of aliphatic carboxylic acids is 1. The first-order valence-electron chi connectivity index (χ1n) is 6.45. The predicted octanol–water partition coefficient (Wildman–Crippen LogP) is 4.46. The van der Waals surface area contributed by atoms with Crippen LogP contribution in [0.5, 0.6) is 5.75 Å². The van der Waals surface area contributed by atoms with E-state index < -0.39 is 11.9 Å². The number of hydrogen-bond donors (Lipinski definition) is 2. The van der Waals surface area contributed by atoms with Crippen LogP contribution in [0.2, 0.25) is 5.02 Å². The van der Waals surface area contributed by atoms with Gasteiger partial charge in [-0.2, -0.15) is 0 Å². The second-order valence-corrected chi connectivity index (χ2v) is 5.11. The van der Waals surface area contributed by atoms with Gasteiger partial charge in [0.1, 0.15) is 5.75 Å². The van der Waals surface area contributed by atoms with Crippen LogP contribution in [0.15, 0.2) is 55.1 Å². The lowest BCUT2D eigenvalue weighted by Crippen LogP contribution is -2.11. The summed E-state index contributed by atoms with van der Waals surface area (Å²) in [5.41, 5.74) is 2.34. The van der Waals surface area contributed by atoms with E-state index in [1.165, 1.54) is 0 Å². The number of aromatic hydroxyl groups is 1. The maximum absolute atomic E-state index is 11.3. The number of carbonyl (C=O) groups is 1. The first kappa shape index (κ1) is 15.1. The zero-order chi connectivity index (χ0) is 15.4. The lowest BCUT2D eigenvalue weighted by molar-refractivity contribution is -0.138. The van der Waals surface area contributed by atoms with Gasteiger partial charge in [0.15, 0.2) is 0 Å². The molecule has 1 unspecified atom stereocenters. The van der Waals surface area contributed by atoms with Crippen molar-refractivity contribution < 1.29 is 15.0 Å². The molecule has 2 aromatic rings. The van der Waals surface area contributed by atoms with Crippen molar-refractivity contribution in [2.45, 2.75) is 12.3 Å². The van der Waals surface area contributed by atoms with E-state index >= 15 is 0 Å². The summed E-state index contributed by atoms with van der Waals surface area (Å²) < 4.78 is 0. The highest BCUT2D eigenvalue weighted by molar-refractivity contribution is 6.32. The molecular weight excluding hydrogens is 288 g/mol. The predicted molar refractivity (Wildman–Crippen MR) is 83.7 cm³/mol. The van der Waals surface area contributed by atoms with Crippen LogP contribution in [0.25, 0.3) is 11.1 Å². The van der Waals surface area contributed by atoms with Crippen molar-refractivity contribution in [3.05, 3.63) is 65.7 Å². The summed E-state index contributed by atoms with van der Waals surface area (Å²) in [4.78, 5) is 11.3. The summed E-state index contributed by atoms with van der Waals surface area (Å²) >= 11 is 6.24. The molecule has 0 aliphatic rings. The molecule has 0 bridgehead atoms. The maximum atomic E-state index is 11.3. The summed E-state index contributed by atoms with van der Waals surface area (Å²) in [6.45, 7) is 3.58. The van der Waals surface area contributed by atoms with Crippen molar-refractivity contribution in [3.63, 3.8) is 0 Å². The van der Waals surface area contributed by atoms with Gasteiger partial charge in [-0.1, -0.05) is 41.9 Å². The SMILES string of the molecule is C=CCC(C(=O)O)c1ccc(-c2ccc(O)cc2)cc1Cl. The standard InChI is InChI=1S/C17H15ClO3/c1-2-3-15(17(20)21)14-9-6-12(10-16(14)18)11-4-7-13(19)8-5-11/h2,4-10,15,19H,1,3H2,(H,20,21). The molecule has 0 heterocycles. The number of carboxylic acid groups (broad SMARTS) is 1. The summed E-state index contributed by atoms with van der Waals surface area (Å²) in [5.74, 6) is -1.42. The Morgan fingerprint density at radius 3 is 2.33 bits per heavy atom. The van der Waals surface area contributed by atoms with E-state index in [0.717, 1.165) is 11.1 Å². The minimum atomic E-state index is -0.922. The fourth-order valence-electron chi connectivity index (χ4n) is 2.17. The molecule has 0 aliphatic heterocycles. The zero-order valence-corrected chi connectivity index (χ0v) is 12.0. The first-order valence-corrected chi connectivity index (χ1v) is 6.83. The molecule has 2 N–H and O–H groups in total. The van der Waals surface area contributed by atoms with Gasteiger partial charge in [0, 0.05) is 5.02 Å². The van der Waals surface area contributed by atoms with Gasteiger partial charge < -0.3 is 10.2 Å². The summed E-state index contributed by atoms with van der Waals surface area (Å²) in [6, 6.07) is 12.0. The van der Waals surface area contributed by atoms with E-state index in [1.54, 1.807) is 42.5 Å². The number of phenols is 1. The van der Waals surface area contributed by atoms with E-state index in [2.05, 4.69) is 6.58 Å². The van der Waals surface area contributed by atoms with E-state index in [9.17, 15) is 15.0 Å². The fraction of sp³-hybridized carbons (Fsp3) is 0.118. The molecule has 0 radical (unpaired) electrons. The number of hydrogen-bond acceptors (Lipinski definition) is 2. The maximum Gasteiger partial charge on any atom is 0.311 e. The van der Waals surface area contributed by atoms with Crippen molar-refractivity contribution in [3.8, 4) is 16.9 Å². The molecule has 0 fully saturated rings. The molecule has 21 heavy (non-hydrogen) atoms. The topological polar surface area (TPSA) is 57.5 Å². The average molecular weight is 303 g/mol. The van der Waals surface area contributed by atoms with E-state index in [1.807, 2.05) is 6.07 Å². The highest BCUT2D eigenvalue weighted by atomic mass is 35.5. The molecule has 3 nitrogen and oxygen atoms in total. The Morgan fingerprint density at radius 1 is 1.19 bits per heavy atom. The van der Waals surface area contributed by atoms with Gasteiger partial charge in [-0.15, -0.1) is 6.58 Å². The molecule has 1 atom stereocenters. The van der Waals surface area contributed by atoms with Gasteiger partial charge in [0.25, 0.3) is 0 Å². The number of rotatable bonds is 5. The molecule has 0 spiro atoms. The van der Waals surface area contributed by atoms with Gasteiger partial charge in [-0.3, -0.25) is 4.79 Å². The van der Waals surface area contributed by atoms with Crippen molar-refractivity contribution in [2.75, 3.05) is 0 Å². The lowest BCUT2D eigenvalue weighted by Gasteiger charge is -2.13. The van der Waals surface area contributed by atoms with Crippen LogP contribution < -0.4 is 0 Å². The van der Waals surface area contributed by atoms with E-state index in [4.69, 9.17) is 11.6 Å². The van der Waals surface area contributed by atoms with Crippen molar-refractivity contribution in [1.29, 1.82) is 0 Å². The molecule has 2 rings (SSSR count). The number of allylic oxidation sites excluding steroid dienone is 1. The Balaban J connectivity index is 2.38. The van der Waals surface area contributed by atoms with Gasteiger partial charge in [0.05, 0.1) is 5.92 Å². The van der Waals surface area contributed by atoms with Gasteiger partial charge in [-0.25, -0.2) is 0 Å². The first-order chi connectivity index (χ1) is 10.0. The van der Waals surface area contributed by atoms with Gasteiger partial charge in [0.2, 0.25) is 0 Å². The molecule has 4 heteroatoms. The number of phenolic OH excluding ortho intramolecular Hbond substituents is 1. The molecule has 0 amide bonds. The molecule has 0 aliphatic carbocycles. The van der Waals surface area contributed by atoms with Crippen LogP contribution in [0.4, 0.5) is 0 Å². The monoisotopic (exact) mass is 302 g/mol. The average Bonchev–Trinajstić information content (AvgIpc) is 2.46. The molecule has 108 valence electrons. The lowest BCUT2D eigenvalue weighted by atomic mass is 9.93. The third-order valence-corrected chi connectivity index (χ3v) is 3.60. The number of carboxylic acids is 1. The second kappa shape index (κ2) is 6.46. The molecule has 0 saturated carbocycles. The van der Waals surface area contributed by atoms with Gasteiger partial charge >= 0.3 is 5.97 Å². The Morgan fingerprint density at radius 2 is 1.81 bits per heavy atom. The van der Waals surface area contributed by atoms with Crippen LogP contribution in [-0.2, 0) is 4.79 Å². The van der Waals surface area contributed by atoms with Crippen molar-refractivity contribution >= 4 is 17.6 Å². The largest absolute Gasteiger partial charge is 0.508 e. The third kappa shape index (κ3) is 3.44. The number of halogens is 1. The van der Waals surface area contributed by atoms with Gasteiger partial charge in [-0.05, 0) is 41.3 Å². The third-order valence-electron chi connectivity index (χ3n) is 3.28. The molecular formula is C17H15ClO3. The fourth-order valence-corrected chi connectivity index (χ4v) is 2.48. The minimum Gasteiger partial charge on any atom is -0.508 e. The quantitative estimate of drug-likeness (QED) is 0.802. The Hall–Kier alpha value is -2.26. The van der Waals surface area contributed by atoms with Crippen molar-refractivity contribution in [1.82, 2.24) is 0 Å². The van der Waals surface area contributed by atoms with Crippen LogP contribution in [0.1, 0.15) is 17.9 Å². The molecule has 0 saturated heterocycles. The zero-order valence-electron chi connectivity index (χ0n) is 11.3. The Kier molecular flexibility index (Phi) is 4.66.